The van der Waals surface area contributed by atoms with Crippen molar-refractivity contribution >= 4 is 41.3 Å². The summed E-state index contributed by atoms with van der Waals surface area (Å²) in [4.78, 5) is 11.0. The van der Waals surface area contributed by atoms with Crippen LogP contribution in [0.1, 0.15) is 36.6 Å². The molecular formula is C24H35IN4OS. The van der Waals surface area contributed by atoms with Crippen LogP contribution in [0.4, 0.5) is 0 Å². The van der Waals surface area contributed by atoms with Crippen LogP contribution >= 0.6 is 35.3 Å². The van der Waals surface area contributed by atoms with Crippen molar-refractivity contribution in [2.75, 3.05) is 40.3 Å². The van der Waals surface area contributed by atoms with Crippen LogP contribution in [0.2, 0.25) is 0 Å². The molecule has 2 saturated heterocycles. The van der Waals surface area contributed by atoms with Crippen LogP contribution < -0.4 is 10.1 Å². The standard InChI is InChI=1S/C24H34N4OS.HI/c1-25-24(28-15-12-21(13-16-28)29-20-9-4-3-5-10-20)26-18-19-8-6-14-27(2)23(19)22-11-7-17-30-22;/h3-5,7,9-11,17,19,21,23H,6,8,12-16,18H2,1-2H3,(H,25,26);1H. The third-order valence-corrected chi connectivity index (χ3v) is 7.31. The molecule has 2 aliphatic heterocycles. The second kappa shape index (κ2) is 12.1. The topological polar surface area (TPSA) is 40.1 Å². The minimum absolute atomic E-state index is 0. The highest BCUT2D eigenvalue weighted by Gasteiger charge is 2.32. The van der Waals surface area contributed by atoms with E-state index < -0.39 is 0 Å². The van der Waals surface area contributed by atoms with Gasteiger partial charge >= 0.3 is 0 Å². The third kappa shape index (κ3) is 6.35. The van der Waals surface area contributed by atoms with Crippen LogP contribution in [0.3, 0.4) is 0 Å². The number of hydrogen-bond acceptors (Lipinski definition) is 4. The van der Waals surface area contributed by atoms with Gasteiger partial charge in [0.15, 0.2) is 5.96 Å². The quantitative estimate of drug-likeness (QED) is 0.326. The number of hydrogen-bond donors (Lipinski definition) is 1. The molecule has 2 unspecified atom stereocenters. The number of guanidine groups is 1. The first-order valence-corrected chi connectivity index (χ1v) is 12.0. The van der Waals surface area contributed by atoms with E-state index in [0.717, 1.165) is 44.2 Å². The molecule has 3 heterocycles. The normalized spacial score (nSPS) is 23.3. The second-order valence-electron chi connectivity index (χ2n) is 8.39. The Bertz CT molecular complexity index is 793. The Balaban J connectivity index is 0.00000272. The second-order valence-corrected chi connectivity index (χ2v) is 9.37. The lowest BCUT2D eigenvalue weighted by Crippen LogP contribution is -2.49. The molecular weight excluding hydrogens is 519 g/mol. The van der Waals surface area contributed by atoms with E-state index in [-0.39, 0.29) is 30.1 Å². The largest absolute Gasteiger partial charge is 0.490 e. The van der Waals surface area contributed by atoms with Crippen LogP contribution in [-0.4, -0.2) is 62.1 Å². The highest BCUT2D eigenvalue weighted by molar-refractivity contribution is 14.0. The molecule has 4 rings (SSSR count). The van der Waals surface area contributed by atoms with Gasteiger partial charge in [-0.1, -0.05) is 24.3 Å². The van der Waals surface area contributed by atoms with E-state index in [2.05, 4.69) is 44.7 Å². The number of thiophene rings is 1. The summed E-state index contributed by atoms with van der Waals surface area (Å²) in [5.41, 5.74) is 0. The van der Waals surface area contributed by atoms with Crippen molar-refractivity contribution in [3.8, 4) is 5.75 Å². The van der Waals surface area contributed by atoms with Crippen LogP contribution in [0, 0.1) is 5.92 Å². The minimum Gasteiger partial charge on any atom is -0.490 e. The summed E-state index contributed by atoms with van der Waals surface area (Å²) in [6.07, 6.45) is 4.88. The monoisotopic (exact) mass is 554 g/mol. The number of ether oxygens (including phenoxy) is 1. The van der Waals surface area contributed by atoms with E-state index in [4.69, 9.17) is 4.74 Å². The summed E-state index contributed by atoms with van der Waals surface area (Å²) in [5, 5.41) is 5.90. The highest BCUT2D eigenvalue weighted by atomic mass is 127. The number of rotatable bonds is 5. The summed E-state index contributed by atoms with van der Waals surface area (Å²) in [6.45, 7) is 4.12. The van der Waals surface area contributed by atoms with Gasteiger partial charge in [-0.25, -0.2) is 0 Å². The van der Waals surface area contributed by atoms with E-state index in [0.29, 0.717) is 12.0 Å². The molecule has 2 atom stereocenters. The average molecular weight is 555 g/mol. The van der Waals surface area contributed by atoms with Crippen LogP contribution in [-0.2, 0) is 0 Å². The fraction of sp³-hybridized carbons (Fsp3) is 0.542. The Morgan fingerprint density at radius 2 is 1.87 bits per heavy atom. The maximum absolute atomic E-state index is 6.15. The molecule has 7 heteroatoms. The van der Waals surface area contributed by atoms with E-state index in [1.165, 1.54) is 24.3 Å². The SMILES string of the molecule is CN=C(NCC1CCCN(C)C1c1cccs1)N1CCC(Oc2ccccc2)CC1.I. The summed E-state index contributed by atoms with van der Waals surface area (Å²) in [6, 6.07) is 15.1. The molecule has 1 aromatic carbocycles. The molecule has 0 radical (unpaired) electrons. The maximum Gasteiger partial charge on any atom is 0.193 e. The first-order chi connectivity index (χ1) is 14.7. The molecule has 2 aliphatic rings. The molecule has 0 amide bonds. The molecule has 2 aromatic rings. The van der Waals surface area contributed by atoms with Gasteiger partial charge < -0.3 is 15.0 Å². The van der Waals surface area contributed by atoms with Gasteiger partial charge in [-0.3, -0.25) is 9.89 Å². The summed E-state index contributed by atoms with van der Waals surface area (Å²) >= 11 is 1.88. The third-order valence-electron chi connectivity index (χ3n) is 6.36. The lowest BCUT2D eigenvalue weighted by Gasteiger charge is -2.40. The Morgan fingerprint density at radius 1 is 1.10 bits per heavy atom. The molecule has 1 N–H and O–H groups in total. The zero-order valence-electron chi connectivity index (χ0n) is 18.6. The van der Waals surface area contributed by atoms with Crippen molar-refractivity contribution in [3.63, 3.8) is 0 Å². The number of benzene rings is 1. The van der Waals surface area contributed by atoms with Gasteiger partial charge in [0, 0.05) is 50.4 Å². The molecule has 31 heavy (non-hydrogen) atoms. The van der Waals surface area contributed by atoms with Crippen molar-refractivity contribution in [2.45, 2.75) is 37.8 Å². The van der Waals surface area contributed by atoms with Crippen molar-refractivity contribution in [1.82, 2.24) is 15.1 Å². The van der Waals surface area contributed by atoms with Gasteiger partial charge in [-0.05, 0) is 55.9 Å². The number of para-hydroxylation sites is 1. The fourth-order valence-electron chi connectivity index (χ4n) is 4.81. The lowest BCUT2D eigenvalue weighted by molar-refractivity contribution is 0.120. The van der Waals surface area contributed by atoms with Crippen LogP contribution in [0.5, 0.6) is 5.75 Å². The van der Waals surface area contributed by atoms with Gasteiger partial charge in [0.2, 0.25) is 0 Å². The van der Waals surface area contributed by atoms with E-state index in [1.54, 1.807) is 0 Å². The molecule has 170 valence electrons. The van der Waals surface area contributed by atoms with Gasteiger partial charge in [-0.2, -0.15) is 0 Å². The Kier molecular flexibility index (Phi) is 9.47. The van der Waals surface area contributed by atoms with E-state index >= 15 is 0 Å². The number of piperidine rings is 2. The molecule has 0 saturated carbocycles. The van der Waals surface area contributed by atoms with Crippen molar-refractivity contribution in [1.29, 1.82) is 0 Å². The maximum atomic E-state index is 6.15. The van der Waals surface area contributed by atoms with Gasteiger partial charge in [0.05, 0.1) is 0 Å². The van der Waals surface area contributed by atoms with E-state index in [9.17, 15) is 0 Å². The highest BCUT2D eigenvalue weighted by Crippen LogP contribution is 2.36. The lowest BCUT2D eigenvalue weighted by atomic mass is 9.88. The zero-order chi connectivity index (χ0) is 20.8. The van der Waals surface area contributed by atoms with E-state index in [1.807, 2.05) is 48.7 Å². The van der Waals surface area contributed by atoms with Gasteiger partial charge in [-0.15, -0.1) is 35.3 Å². The van der Waals surface area contributed by atoms with Crippen LogP contribution in [0.15, 0.2) is 52.8 Å². The number of likely N-dealkylation sites (tertiary alicyclic amines) is 2. The van der Waals surface area contributed by atoms with Crippen LogP contribution in [0.25, 0.3) is 0 Å². The number of nitrogens with zero attached hydrogens (tertiary/aromatic N) is 3. The predicted molar refractivity (Wildman–Crippen MR) is 141 cm³/mol. The van der Waals surface area contributed by atoms with Crippen molar-refractivity contribution in [3.05, 3.63) is 52.7 Å². The Labute approximate surface area is 207 Å². The fourth-order valence-corrected chi connectivity index (χ4v) is 5.80. The van der Waals surface area contributed by atoms with Gasteiger partial charge in [0.1, 0.15) is 11.9 Å². The summed E-state index contributed by atoms with van der Waals surface area (Å²) < 4.78 is 6.15. The minimum atomic E-state index is 0. The molecule has 5 nitrogen and oxygen atoms in total. The molecule has 1 aromatic heterocycles. The first-order valence-electron chi connectivity index (χ1n) is 11.2. The summed E-state index contributed by atoms with van der Waals surface area (Å²) in [7, 11) is 4.17. The average Bonchev–Trinajstić information content (AvgIpc) is 3.30. The molecule has 0 bridgehead atoms. The molecule has 2 fully saturated rings. The van der Waals surface area contributed by atoms with Gasteiger partial charge in [0.25, 0.3) is 0 Å². The molecule has 0 aliphatic carbocycles. The number of aliphatic imine (C=N–C) groups is 1. The molecule has 0 spiro atoms. The first kappa shape index (κ1) is 24.3. The predicted octanol–water partition coefficient (Wildman–Crippen LogP) is 4.87. The number of nitrogens with one attached hydrogen (secondary N) is 1. The zero-order valence-corrected chi connectivity index (χ0v) is 21.7. The number of halogens is 1. The Hall–Kier alpha value is -1.32. The Morgan fingerprint density at radius 3 is 2.55 bits per heavy atom. The smallest absolute Gasteiger partial charge is 0.193 e. The van der Waals surface area contributed by atoms with Crippen molar-refractivity contribution < 1.29 is 4.74 Å². The van der Waals surface area contributed by atoms with Crippen molar-refractivity contribution in [2.24, 2.45) is 10.9 Å². The summed E-state index contributed by atoms with van der Waals surface area (Å²) in [5.74, 6) is 2.61.